The molecule has 1 aromatic heterocycles. The van der Waals surface area contributed by atoms with Gasteiger partial charge in [0.15, 0.2) is 0 Å². The van der Waals surface area contributed by atoms with Gasteiger partial charge in [-0.1, -0.05) is 18.2 Å². The minimum atomic E-state index is -4.62. The van der Waals surface area contributed by atoms with Crippen molar-refractivity contribution in [2.45, 2.75) is 39.0 Å². The van der Waals surface area contributed by atoms with Crippen molar-refractivity contribution in [2.24, 2.45) is 0 Å². The molecule has 4 nitrogen and oxygen atoms in total. The van der Waals surface area contributed by atoms with E-state index in [1.165, 1.54) is 36.4 Å². The van der Waals surface area contributed by atoms with E-state index in [0.717, 1.165) is 12.1 Å². The van der Waals surface area contributed by atoms with Crippen LogP contribution in [0.5, 0.6) is 5.88 Å². The van der Waals surface area contributed by atoms with Crippen LogP contribution in [0.2, 0.25) is 0 Å². The maximum absolute atomic E-state index is 14.3. The molecule has 0 N–H and O–H groups in total. The molecule has 0 unspecified atom stereocenters. The van der Waals surface area contributed by atoms with Crippen LogP contribution >= 0.6 is 0 Å². The molecule has 0 amide bonds. The summed E-state index contributed by atoms with van der Waals surface area (Å²) in [5.41, 5.74) is 1.36. The summed E-state index contributed by atoms with van der Waals surface area (Å²) in [4.78, 5) is 16.1. The minimum absolute atomic E-state index is 0.00514. The number of alkyl halides is 3. The summed E-state index contributed by atoms with van der Waals surface area (Å²) in [5.74, 6) is -1.99. The highest BCUT2D eigenvalue weighted by atomic mass is 19.4. The second-order valence-corrected chi connectivity index (χ2v) is 8.22. The highest BCUT2D eigenvalue weighted by Gasteiger charge is 2.33. The van der Waals surface area contributed by atoms with Gasteiger partial charge in [-0.2, -0.15) is 13.2 Å². The summed E-state index contributed by atoms with van der Waals surface area (Å²) in [6, 6.07) is 10.5. The molecule has 1 heterocycles. The van der Waals surface area contributed by atoms with Crippen LogP contribution in [-0.2, 0) is 17.5 Å². The average molecular weight is 503 g/mol. The van der Waals surface area contributed by atoms with Crippen molar-refractivity contribution in [1.29, 1.82) is 0 Å². The molecule has 0 aliphatic heterocycles. The van der Waals surface area contributed by atoms with Gasteiger partial charge in [0.25, 0.3) is 0 Å². The number of nitrogens with zero attached hydrogens (tertiary/aromatic N) is 1. The van der Waals surface area contributed by atoms with Gasteiger partial charge < -0.3 is 9.47 Å². The summed E-state index contributed by atoms with van der Waals surface area (Å²) in [6.45, 7) is 1.64. The Morgan fingerprint density at radius 3 is 2.42 bits per heavy atom. The summed E-state index contributed by atoms with van der Waals surface area (Å²) >= 11 is 0. The smallest absolute Gasteiger partial charge is 0.417 e. The zero-order valence-electron chi connectivity index (χ0n) is 19.3. The van der Waals surface area contributed by atoms with E-state index in [1.54, 1.807) is 6.92 Å². The number of esters is 1. The van der Waals surface area contributed by atoms with E-state index in [1.807, 2.05) is 0 Å². The fraction of sp³-hybridized carbons (Fsp3) is 0.259. The summed E-state index contributed by atoms with van der Waals surface area (Å²) in [5, 5.41) is 0. The number of carbonyl (C=O) groups excluding carboxylic acids is 1. The number of carbonyl (C=O) groups is 1. The molecule has 0 spiro atoms. The molecule has 0 bridgehead atoms. The van der Waals surface area contributed by atoms with E-state index in [9.17, 15) is 26.7 Å². The van der Waals surface area contributed by atoms with Crippen molar-refractivity contribution in [3.63, 3.8) is 0 Å². The summed E-state index contributed by atoms with van der Waals surface area (Å²) in [7, 11) is 0. The number of hydrogen-bond donors (Lipinski definition) is 0. The molecule has 1 aliphatic rings. The average Bonchev–Trinajstić information content (AvgIpc) is 3.33. The van der Waals surface area contributed by atoms with Crippen LogP contribution in [-0.4, -0.2) is 17.6 Å². The quantitative estimate of drug-likeness (QED) is 0.252. The highest BCUT2D eigenvalue weighted by Crippen LogP contribution is 2.44. The van der Waals surface area contributed by atoms with E-state index in [0.29, 0.717) is 47.7 Å². The Balaban J connectivity index is 1.77. The Kier molecular flexibility index (Phi) is 7.37. The molecule has 0 saturated carbocycles. The first kappa shape index (κ1) is 25.3. The van der Waals surface area contributed by atoms with Crippen molar-refractivity contribution in [3.8, 4) is 5.88 Å². The van der Waals surface area contributed by atoms with Gasteiger partial charge in [0.1, 0.15) is 18.2 Å². The van der Waals surface area contributed by atoms with E-state index in [2.05, 4.69) is 4.98 Å². The molecule has 0 fully saturated rings. The molecule has 0 atom stereocenters. The zero-order valence-corrected chi connectivity index (χ0v) is 19.3. The Morgan fingerprint density at radius 1 is 1.00 bits per heavy atom. The lowest BCUT2D eigenvalue weighted by Gasteiger charge is -2.16. The van der Waals surface area contributed by atoms with Crippen LogP contribution in [0, 0.1) is 11.6 Å². The standard InChI is InChI=1S/C27H22F5NO3/c1-2-35-26(34)23-12-17(8-11-24(23)29)20-4-3-5-21(20)22-13-18(27(30,31)32)14-33-25(22)36-15-16-6-9-19(28)10-7-16/h6-14H,2-5,15H2,1H3. The second-order valence-electron chi connectivity index (χ2n) is 8.22. The number of pyridine rings is 1. The number of allylic oxidation sites excluding steroid dienone is 2. The highest BCUT2D eigenvalue weighted by molar-refractivity contribution is 5.96. The van der Waals surface area contributed by atoms with Gasteiger partial charge in [-0.25, -0.2) is 18.6 Å². The molecular formula is C27H22F5NO3. The van der Waals surface area contributed by atoms with Gasteiger partial charge in [-0.15, -0.1) is 0 Å². The van der Waals surface area contributed by atoms with Crippen molar-refractivity contribution < 1.29 is 36.2 Å². The normalized spacial score (nSPS) is 13.7. The molecule has 188 valence electrons. The first-order chi connectivity index (χ1) is 17.2. The molecule has 0 radical (unpaired) electrons. The van der Waals surface area contributed by atoms with Crippen molar-refractivity contribution in [2.75, 3.05) is 6.61 Å². The first-order valence-corrected chi connectivity index (χ1v) is 11.3. The predicted octanol–water partition coefficient (Wildman–Crippen LogP) is 7.23. The van der Waals surface area contributed by atoms with Crippen LogP contribution in [0.3, 0.4) is 0 Å². The maximum atomic E-state index is 14.3. The monoisotopic (exact) mass is 503 g/mol. The molecular weight excluding hydrogens is 481 g/mol. The number of benzene rings is 2. The molecule has 2 aromatic carbocycles. The fourth-order valence-electron chi connectivity index (χ4n) is 4.11. The maximum Gasteiger partial charge on any atom is 0.417 e. The predicted molar refractivity (Wildman–Crippen MR) is 123 cm³/mol. The summed E-state index contributed by atoms with van der Waals surface area (Å²) < 4.78 is 78.8. The third-order valence-electron chi connectivity index (χ3n) is 5.82. The van der Waals surface area contributed by atoms with Gasteiger partial charge in [-0.3, -0.25) is 0 Å². The van der Waals surface area contributed by atoms with Crippen LogP contribution in [0.4, 0.5) is 22.0 Å². The lowest BCUT2D eigenvalue weighted by Crippen LogP contribution is -2.09. The van der Waals surface area contributed by atoms with E-state index in [-0.39, 0.29) is 30.2 Å². The SMILES string of the molecule is CCOC(=O)c1cc(C2=C(c3cc(C(F)(F)F)cnc3OCc3ccc(F)cc3)CCC2)ccc1F. The van der Waals surface area contributed by atoms with Gasteiger partial charge in [0.05, 0.1) is 17.7 Å². The van der Waals surface area contributed by atoms with E-state index in [4.69, 9.17) is 9.47 Å². The molecule has 4 rings (SSSR count). The largest absolute Gasteiger partial charge is 0.472 e. The molecule has 3 aromatic rings. The molecule has 9 heteroatoms. The molecule has 0 saturated heterocycles. The topological polar surface area (TPSA) is 48.4 Å². The van der Waals surface area contributed by atoms with E-state index >= 15 is 0 Å². The lowest BCUT2D eigenvalue weighted by atomic mass is 9.95. The fourth-order valence-corrected chi connectivity index (χ4v) is 4.11. The first-order valence-electron chi connectivity index (χ1n) is 11.3. The lowest BCUT2D eigenvalue weighted by molar-refractivity contribution is -0.137. The van der Waals surface area contributed by atoms with Crippen molar-refractivity contribution in [3.05, 3.63) is 94.2 Å². The van der Waals surface area contributed by atoms with Crippen molar-refractivity contribution >= 4 is 17.1 Å². The Morgan fingerprint density at radius 2 is 1.72 bits per heavy atom. The van der Waals surface area contributed by atoms with Gasteiger partial charge in [-0.05, 0) is 78.8 Å². The van der Waals surface area contributed by atoms with Crippen LogP contribution < -0.4 is 4.74 Å². The van der Waals surface area contributed by atoms with Crippen LogP contribution in [0.25, 0.3) is 11.1 Å². The summed E-state index contributed by atoms with van der Waals surface area (Å²) in [6.07, 6.45) is -2.32. The van der Waals surface area contributed by atoms with Gasteiger partial charge >= 0.3 is 12.1 Å². The Labute approximate surface area is 204 Å². The van der Waals surface area contributed by atoms with Gasteiger partial charge in [0.2, 0.25) is 5.88 Å². The van der Waals surface area contributed by atoms with Crippen LogP contribution in [0.1, 0.15) is 58.8 Å². The number of ether oxygens (including phenoxy) is 2. The number of aromatic nitrogens is 1. The minimum Gasteiger partial charge on any atom is -0.472 e. The molecule has 1 aliphatic carbocycles. The third-order valence-corrected chi connectivity index (χ3v) is 5.82. The van der Waals surface area contributed by atoms with Crippen molar-refractivity contribution in [1.82, 2.24) is 4.98 Å². The number of halogens is 5. The van der Waals surface area contributed by atoms with Crippen LogP contribution in [0.15, 0.2) is 54.7 Å². The second kappa shape index (κ2) is 10.5. The number of hydrogen-bond acceptors (Lipinski definition) is 4. The molecule has 36 heavy (non-hydrogen) atoms. The van der Waals surface area contributed by atoms with Gasteiger partial charge in [0, 0.05) is 11.8 Å². The number of rotatable bonds is 7. The van der Waals surface area contributed by atoms with E-state index < -0.39 is 29.3 Å². The Hall–Kier alpha value is -3.75. The third kappa shape index (κ3) is 5.56. The zero-order chi connectivity index (χ0) is 25.9. The Bertz CT molecular complexity index is 1300.